The van der Waals surface area contributed by atoms with Crippen LogP contribution in [0.2, 0.25) is 0 Å². The van der Waals surface area contributed by atoms with Crippen molar-refractivity contribution in [2.45, 2.75) is 54.5 Å². The molecule has 4 nitrogen and oxygen atoms in total. The van der Waals surface area contributed by atoms with Gasteiger partial charge in [0.15, 0.2) is 5.82 Å². The average Bonchev–Trinajstić information content (AvgIpc) is 2.28. The summed E-state index contributed by atoms with van der Waals surface area (Å²) in [6.07, 6.45) is 0.872. The molecule has 4 heteroatoms. The van der Waals surface area contributed by atoms with Gasteiger partial charge in [0.25, 0.3) is 0 Å². The molecule has 0 aliphatic heterocycles. The Bertz CT molecular complexity index is 284. The van der Waals surface area contributed by atoms with Crippen LogP contribution >= 0.6 is 0 Å². The van der Waals surface area contributed by atoms with Crippen molar-refractivity contribution in [2.24, 2.45) is 10.8 Å². The van der Waals surface area contributed by atoms with E-state index in [0.29, 0.717) is 0 Å². The molecule has 0 fully saturated rings. The molecular formula is C11H22N4. The van der Waals surface area contributed by atoms with Crippen molar-refractivity contribution in [3.63, 3.8) is 0 Å². The highest BCUT2D eigenvalue weighted by molar-refractivity contribution is 4.83. The van der Waals surface area contributed by atoms with E-state index in [-0.39, 0.29) is 10.8 Å². The lowest BCUT2D eigenvalue weighted by molar-refractivity contribution is 0.298. The highest BCUT2D eigenvalue weighted by atomic mass is 15.6. The van der Waals surface area contributed by atoms with E-state index in [4.69, 9.17) is 0 Å². The van der Waals surface area contributed by atoms with E-state index < -0.39 is 0 Å². The van der Waals surface area contributed by atoms with Gasteiger partial charge in [0.2, 0.25) is 0 Å². The third-order valence-electron chi connectivity index (χ3n) is 1.80. The molecule has 1 rings (SSSR count). The maximum Gasteiger partial charge on any atom is 0.175 e. The number of aromatic nitrogens is 4. The summed E-state index contributed by atoms with van der Waals surface area (Å²) in [6, 6.07) is 0. The lowest BCUT2D eigenvalue weighted by Crippen LogP contribution is -2.18. The van der Waals surface area contributed by atoms with Crippen LogP contribution in [0.5, 0.6) is 0 Å². The Morgan fingerprint density at radius 2 is 1.60 bits per heavy atom. The summed E-state index contributed by atoms with van der Waals surface area (Å²) in [5.74, 6) is 0.840. The molecule has 0 bridgehead atoms. The Morgan fingerprint density at radius 3 is 2.07 bits per heavy atom. The molecule has 1 aromatic heterocycles. The first-order valence-electron chi connectivity index (χ1n) is 5.42. The van der Waals surface area contributed by atoms with Crippen LogP contribution in [0.1, 0.15) is 47.4 Å². The van der Waals surface area contributed by atoms with E-state index in [1.54, 1.807) is 4.80 Å². The number of tetrazole rings is 1. The Hall–Kier alpha value is -0.930. The zero-order valence-corrected chi connectivity index (χ0v) is 10.7. The second-order valence-electron chi connectivity index (χ2n) is 6.53. The summed E-state index contributed by atoms with van der Waals surface area (Å²) in [4.78, 5) is 1.70. The van der Waals surface area contributed by atoms with Gasteiger partial charge >= 0.3 is 0 Å². The maximum atomic E-state index is 4.38. The van der Waals surface area contributed by atoms with Crippen molar-refractivity contribution >= 4 is 0 Å². The van der Waals surface area contributed by atoms with Gasteiger partial charge in [0, 0.05) is 6.42 Å². The van der Waals surface area contributed by atoms with E-state index in [2.05, 4.69) is 57.0 Å². The first-order valence-corrected chi connectivity index (χ1v) is 5.42. The van der Waals surface area contributed by atoms with E-state index in [0.717, 1.165) is 18.8 Å². The van der Waals surface area contributed by atoms with Gasteiger partial charge in [-0.25, -0.2) is 0 Å². The molecule has 0 atom stereocenters. The van der Waals surface area contributed by atoms with Crippen molar-refractivity contribution in [3.8, 4) is 0 Å². The van der Waals surface area contributed by atoms with Crippen LogP contribution in [-0.4, -0.2) is 20.2 Å². The van der Waals surface area contributed by atoms with Crippen LogP contribution < -0.4 is 0 Å². The molecule has 0 spiro atoms. The van der Waals surface area contributed by atoms with E-state index in [9.17, 15) is 0 Å². The highest BCUT2D eigenvalue weighted by Crippen LogP contribution is 2.18. The van der Waals surface area contributed by atoms with Gasteiger partial charge in [-0.1, -0.05) is 41.5 Å². The zero-order valence-electron chi connectivity index (χ0n) is 10.7. The van der Waals surface area contributed by atoms with E-state index >= 15 is 0 Å². The van der Waals surface area contributed by atoms with Gasteiger partial charge in [-0.15, -0.1) is 10.2 Å². The molecule has 0 amide bonds. The van der Waals surface area contributed by atoms with Crippen molar-refractivity contribution in [1.82, 2.24) is 20.2 Å². The van der Waals surface area contributed by atoms with Crippen LogP contribution in [0.15, 0.2) is 0 Å². The SMILES string of the molecule is CC(C)(C)Cc1nnn(CC(C)(C)C)n1. The normalized spacial score (nSPS) is 13.2. The molecule has 1 aromatic rings. The minimum Gasteiger partial charge on any atom is -0.164 e. The lowest BCUT2D eigenvalue weighted by Gasteiger charge is -2.16. The maximum absolute atomic E-state index is 4.38. The lowest BCUT2D eigenvalue weighted by atomic mass is 9.92. The Morgan fingerprint density at radius 1 is 1.00 bits per heavy atom. The summed E-state index contributed by atoms with van der Waals surface area (Å²) >= 11 is 0. The van der Waals surface area contributed by atoms with Crippen molar-refractivity contribution < 1.29 is 0 Å². The van der Waals surface area contributed by atoms with Gasteiger partial charge in [-0.2, -0.15) is 4.80 Å². The predicted molar refractivity (Wildman–Crippen MR) is 60.4 cm³/mol. The molecule has 0 aliphatic rings. The third kappa shape index (κ3) is 4.91. The largest absolute Gasteiger partial charge is 0.175 e. The molecule has 0 aromatic carbocycles. The van der Waals surface area contributed by atoms with Crippen LogP contribution in [0, 0.1) is 10.8 Å². The van der Waals surface area contributed by atoms with Gasteiger partial charge in [0.05, 0.1) is 6.54 Å². The van der Waals surface area contributed by atoms with Gasteiger partial charge in [-0.3, -0.25) is 0 Å². The number of nitrogens with zero attached hydrogens (tertiary/aromatic N) is 4. The molecule has 0 N–H and O–H groups in total. The second kappa shape index (κ2) is 3.91. The van der Waals surface area contributed by atoms with Crippen LogP contribution in [0.25, 0.3) is 0 Å². The molecule has 0 saturated heterocycles. The summed E-state index contributed by atoms with van der Waals surface area (Å²) in [5, 5.41) is 12.5. The first kappa shape index (κ1) is 12.1. The Kier molecular flexibility index (Phi) is 3.16. The highest BCUT2D eigenvalue weighted by Gasteiger charge is 2.17. The molecular weight excluding hydrogens is 188 g/mol. The smallest absolute Gasteiger partial charge is 0.164 e. The Labute approximate surface area is 92.1 Å². The van der Waals surface area contributed by atoms with Crippen LogP contribution in [0.4, 0.5) is 0 Å². The molecule has 0 saturated carbocycles. The van der Waals surface area contributed by atoms with E-state index in [1.807, 2.05) is 0 Å². The number of hydrogen-bond donors (Lipinski definition) is 0. The van der Waals surface area contributed by atoms with Gasteiger partial charge in [-0.05, 0) is 16.0 Å². The fourth-order valence-corrected chi connectivity index (χ4v) is 1.31. The number of hydrogen-bond acceptors (Lipinski definition) is 3. The quantitative estimate of drug-likeness (QED) is 0.752. The van der Waals surface area contributed by atoms with Crippen molar-refractivity contribution in [1.29, 1.82) is 0 Å². The minimum absolute atomic E-state index is 0.194. The zero-order chi connectivity index (χ0) is 11.7. The van der Waals surface area contributed by atoms with Crippen LogP contribution in [0.3, 0.4) is 0 Å². The minimum atomic E-state index is 0.194. The molecule has 0 unspecified atom stereocenters. The third-order valence-corrected chi connectivity index (χ3v) is 1.80. The molecule has 15 heavy (non-hydrogen) atoms. The molecule has 0 aliphatic carbocycles. The first-order chi connectivity index (χ1) is 6.66. The topological polar surface area (TPSA) is 43.6 Å². The molecule has 0 radical (unpaired) electrons. The van der Waals surface area contributed by atoms with Crippen LogP contribution in [-0.2, 0) is 13.0 Å². The predicted octanol–water partition coefficient (Wildman–Crippen LogP) is 2.31. The second-order valence-corrected chi connectivity index (χ2v) is 6.53. The summed E-state index contributed by atoms with van der Waals surface area (Å²) in [7, 11) is 0. The summed E-state index contributed by atoms with van der Waals surface area (Å²) in [6.45, 7) is 13.8. The standard InChI is InChI=1S/C11H22N4/c1-10(2,3)7-9-12-14-15(13-9)8-11(4,5)6/h7-8H2,1-6H3. The van der Waals surface area contributed by atoms with Gasteiger partial charge in [0.1, 0.15) is 0 Å². The van der Waals surface area contributed by atoms with Crippen molar-refractivity contribution in [2.75, 3.05) is 0 Å². The van der Waals surface area contributed by atoms with E-state index in [1.165, 1.54) is 0 Å². The summed E-state index contributed by atoms with van der Waals surface area (Å²) in [5.41, 5.74) is 0.412. The number of rotatable bonds is 2. The fraction of sp³-hybridized carbons (Fsp3) is 0.909. The summed E-state index contributed by atoms with van der Waals surface area (Å²) < 4.78 is 0. The fourth-order valence-electron chi connectivity index (χ4n) is 1.31. The molecule has 86 valence electrons. The Balaban J connectivity index is 2.65. The van der Waals surface area contributed by atoms with Crippen molar-refractivity contribution in [3.05, 3.63) is 5.82 Å². The monoisotopic (exact) mass is 210 g/mol. The average molecular weight is 210 g/mol. The molecule has 1 heterocycles. The van der Waals surface area contributed by atoms with Gasteiger partial charge < -0.3 is 0 Å².